The number of quaternary nitrogens is 1. The normalized spacial score (nSPS) is 21.8. The van der Waals surface area contributed by atoms with Gasteiger partial charge in [0, 0.05) is 12.8 Å². The van der Waals surface area contributed by atoms with Gasteiger partial charge in [0.15, 0.2) is 6.67 Å². The first-order valence-corrected chi connectivity index (χ1v) is 7.79. The van der Waals surface area contributed by atoms with Gasteiger partial charge in [-0.1, -0.05) is 12.1 Å². The molecule has 2 aliphatic rings. The SMILES string of the molecule is O=C1S/C(=C\c2ccc(F)cc2)C(=O)N1C[NH+]1CCCC1. The lowest BCUT2D eigenvalue weighted by atomic mass is 10.2. The third-order valence-electron chi connectivity index (χ3n) is 3.73. The molecule has 4 nitrogen and oxygen atoms in total. The molecule has 2 aliphatic heterocycles. The van der Waals surface area contributed by atoms with Crippen molar-refractivity contribution in [3.63, 3.8) is 0 Å². The number of nitrogens with zero attached hydrogens (tertiary/aromatic N) is 1. The monoisotopic (exact) mass is 307 g/mol. The number of rotatable bonds is 3. The fourth-order valence-electron chi connectivity index (χ4n) is 2.60. The van der Waals surface area contributed by atoms with Gasteiger partial charge >= 0.3 is 0 Å². The zero-order valence-electron chi connectivity index (χ0n) is 11.5. The Morgan fingerprint density at radius 3 is 2.52 bits per heavy atom. The molecule has 110 valence electrons. The molecule has 0 bridgehead atoms. The molecule has 1 aromatic carbocycles. The molecule has 0 aromatic heterocycles. The lowest BCUT2D eigenvalue weighted by molar-refractivity contribution is -0.894. The number of halogens is 1. The van der Waals surface area contributed by atoms with Gasteiger partial charge in [-0.05, 0) is 35.5 Å². The largest absolute Gasteiger partial charge is 0.317 e. The molecule has 3 rings (SSSR count). The predicted octanol–water partition coefficient (Wildman–Crippen LogP) is 1.50. The summed E-state index contributed by atoms with van der Waals surface area (Å²) in [6.45, 7) is 2.48. The highest BCUT2D eigenvalue weighted by Gasteiger charge is 2.37. The van der Waals surface area contributed by atoms with Crippen molar-refractivity contribution in [1.29, 1.82) is 0 Å². The third-order valence-corrected chi connectivity index (χ3v) is 4.64. The van der Waals surface area contributed by atoms with Gasteiger partial charge in [0.1, 0.15) is 5.82 Å². The summed E-state index contributed by atoms with van der Waals surface area (Å²) in [4.78, 5) is 27.3. The summed E-state index contributed by atoms with van der Waals surface area (Å²) in [5.41, 5.74) is 0.718. The number of carbonyl (C=O) groups excluding carboxylic acids is 2. The molecule has 1 aromatic rings. The van der Waals surface area contributed by atoms with E-state index in [-0.39, 0.29) is 17.0 Å². The Kier molecular flexibility index (Phi) is 4.07. The second kappa shape index (κ2) is 5.99. The maximum atomic E-state index is 12.9. The number of amides is 2. The summed E-state index contributed by atoms with van der Waals surface area (Å²) in [5.74, 6) is -0.563. The molecular formula is C15H16FN2O2S+. The molecule has 0 atom stereocenters. The summed E-state index contributed by atoms with van der Waals surface area (Å²) in [6.07, 6.45) is 3.94. The Bertz CT molecular complexity index is 594. The van der Waals surface area contributed by atoms with Crippen LogP contribution < -0.4 is 4.90 Å². The van der Waals surface area contributed by atoms with Crippen molar-refractivity contribution in [2.75, 3.05) is 19.8 Å². The minimum Gasteiger partial charge on any atom is -0.317 e. The molecule has 0 radical (unpaired) electrons. The highest BCUT2D eigenvalue weighted by atomic mass is 32.2. The van der Waals surface area contributed by atoms with Crippen molar-refractivity contribution in [2.24, 2.45) is 0 Å². The van der Waals surface area contributed by atoms with Crippen LogP contribution in [0.2, 0.25) is 0 Å². The minimum absolute atomic E-state index is 0.215. The van der Waals surface area contributed by atoms with Crippen LogP contribution in [0.5, 0.6) is 0 Å². The first-order valence-electron chi connectivity index (χ1n) is 6.98. The van der Waals surface area contributed by atoms with Crippen LogP contribution in [-0.4, -0.2) is 35.8 Å². The summed E-state index contributed by atoms with van der Waals surface area (Å²) >= 11 is 0.956. The van der Waals surface area contributed by atoms with E-state index in [1.165, 1.54) is 21.9 Å². The average molecular weight is 307 g/mol. The van der Waals surface area contributed by atoms with Gasteiger partial charge in [-0.25, -0.2) is 9.29 Å². The van der Waals surface area contributed by atoms with E-state index in [1.807, 2.05) is 0 Å². The molecule has 0 saturated carbocycles. The van der Waals surface area contributed by atoms with Gasteiger partial charge in [0.2, 0.25) is 0 Å². The van der Waals surface area contributed by atoms with Crippen LogP contribution in [0.15, 0.2) is 29.2 Å². The van der Waals surface area contributed by atoms with Crippen LogP contribution in [0.4, 0.5) is 9.18 Å². The molecule has 0 aliphatic carbocycles. The van der Waals surface area contributed by atoms with E-state index in [1.54, 1.807) is 18.2 Å². The third kappa shape index (κ3) is 3.16. The predicted molar refractivity (Wildman–Crippen MR) is 79.0 cm³/mol. The van der Waals surface area contributed by atoms with E-state index in [0.29, 0.717) is 11.6 Å². The van der Waals surface area contributed by atoms with E-state index >= 15 is 0 Å². The lowest BCUT2D eigenvalue weighted by Gasteiger charge is -2.17. The van der Waals surface area contributed by atoms with Gasteiger partial charge in [-0.2, -0.15) is 0 Å². The van der Waals surface area contributed by atoms with Crippen molar-refractivity contribution < 1.29 is 18.9 Å². The standard InChI is InChI=1S/C15H15FN2O2S/c16-12-5-3-11(4-6-12)9-13-14(19)18(15(20)21-13)10-17-7-1-2-8-17/h3-6,9H,1-2,7-8,10H2/p+1/b13-9-. The maximum absolute atomic E-state index is 12.9. The zero-order chi connectivity index (χ0) is 14.8. The van der Waals surface area contributed by atoms with Crippen molar-refractivity contribution >= 4 is 29.0 Å². The molecule has 2 fully saturated rings. The summed E-state index contributed by atoms with van der Waals surface area (Å²) in [7, 11) is 0. The van der Waals surface area contributed by atoms with Gasteiger partial charge in [0.25, 0.3) is 11.1 Å². The van der Waals surface area contributed by atoms with Crippen molar-refractivity contribution in [3.05, 3.63) is 40.6 Å². The Morgan fingerprint density at radius 1 is 1.19 bits per heavy atom. The van der Waals surface area contributed by atoms with Gasteiger partial charge in [-0.15, -0.1) is 0 Å². The van der Waals surface area contributed by atoms with E-state index in [2.05, 4.69) is 0 Å². The number of hydrogen-bond donors (Lipinski definition) is 1. The maximum Gasteiger partial charge on any atom is 0.298 e. The number of carbonyl (C=O) groups is 2. The van der Waals surface area contributed by atoms with Gasteiger partial charge < -0.3 is 4.90 Å². The fourth-order valence-corrected chi connectivity index (χ4v) is 3.44. The summed E-state index contributed by atoms with van der Waals surface area (Å²) in [6, 6.07) is 5.86. The zero-order valence-corrected chi connectivity index (χ0v) is 12.3. The first-order chi connectivity index (χ1) is 10.1. The fraction of sp³-hybridized carbons (Fsp3) is 0.333. The van der Waals surface area contributed by atoms with Crippen LogP contribution >= 0.6 is 11.8 Å². The van der Waals surface area contributed by atoms with Crippen LogP contribution in [0.25, 0.3) is 6.08 Å². The lowest BCUT2D eigenvalue weighted by Crippen LogP contribution is -3.11. The average Bonchev–Trinajstić information content (AvgIpc) is 3.06. The molecule has 2 saturated heterocycles. The molecule has 2 heterocycles. The minimum atomic E-state index is -0.321. The smallest absolute Gasteiger partial charge is 0.298 e. The van der Waals surface area contributed by atoms with E-state index in [0.717, 1.165) is 43.3 Å². The molecule has 0 unspecified atom stereocenters. The highest BCUT2D eigenvalue weighted by Crippen LogP contribution is 2.31. The van der Waals surface area contributed by atoms with Gasteiger partial charge in [-0.3, -0.25) is 9.59 Å². The van der Waals surface area contributed by atoms with Crippen molar-refractivity contribution in [3.8, 4) is 0 Å². The number of thioether (sulfide) groups is 1. The molecule has 21 heavy (non-hydrogen) atoms. The van der Waals surface area contributed by atoms with Crippen molar-refractivity contribution in [1.82, 2.24) is 4.90 Å². The topological polar surface area (TPSA) is 41.8 Å². The Morgan fingerprint density at radius 2 is 1.86 bits per heavy atom. The highest BCUT2D eigenvalue weighted by molar-refractivity contribution is 8.18. The van der Waals surface area contributed by atoms with Crippen LogP contribution in [-0.2, 0) is 4.79 Å². The number of nitrogens with one attached hydrogen (secondary N) is 1. The van der Waals surface area contributed by atoms with Gasteiger partial charge in [0.05, 0.1) is 18.0 Å². The van der Waals surface area contributed by atoms with Crippen molar-refractivity contribution in [2.45, 2.75) is 12.8 Å². The molecule has 6 heteroatoms. The molecule has 0 spiro atoms. The Balaban J connectivity index is 1.74. The quantitative estimate of drug-likeness (QED) is 0.861. The first kappa shape index (κ1) is 14.3. The number of hydrogen-bond acceptors (Lipinski definition) is 3. The van der Waals surface area contributed by atoms with Crippen LogP contribution in [0.3, 0.4) is 0 Å². The second-order valence-electron chi connectivity index (χ2n) is 5.28. The summed E-state index contributed by atoms with van der Waals surface area (Å²) < 4.78 is 12.9. The number of imide groups is 1. The molecular weight excluding hydrogens is 291 g/mol. The summed E-state index contributed by atoms with van der Waals surface area (Å²) in [5, 5.41) is -0.215. The Labute approximate surface area is 126 Å². The number of benzene rings is 1. The molecule has 2 amide bonds. The van der Waals surface area contributed by atoms with E-state index in [4.69, 9.17) is 0 Å². The van der Waals surface area contributed by atoms with E-state index < -0.39 is 0 Å². The Hall–Kier alpha value is -1.66. The molecule has 1 N–H and O–H groups in total. The van der Waals surface area contributed by atoms with E-state index in [9.17, 15) is 14.0 Å². The second-order valence-corrected chi connectivity index (χ2v) is 6.27. The number of likely N-dealkylation sites (tertiary alicyclic amines) is 1. The van der Waals surface area contributed by atoms with Crippen LogP contribution in [0.1, 0.15) is 18.4 Å². The van der Waals surface area contributed by atoms with Crippen LogP contribution in [0, 0.1) is 5.82 Å².